The summed E-state index contributed by atoms with van der Waals surface area (Å²) in [5, 5.41) is 0. The second-order valence-corrected chi connectivity index (χ2v) is 4.84. The number of carbonyl (C=O) groups excluding carboxylic acids is 1. The van der Waals surface area contributed by atoms with E-state index in [0.717, 1.165) is 25.9 Å². The fourth-order valence-corrected chi connectivity index (χ4v) is 2.96. The minimum Gasteiger partial charge on any atom is -0.302 e. The van der Waals surface area contributed by atoms with Crippen molar-refractivity contribution in [3.8, 4) is 0 Å². The van der Waals surface area contributed by atoms with Crippen LogP contribution in [0.5, 0.6) is 0 Å². The van der Waals surface area contributed by atoms with Gasteiger partial charge in [-0.2, -0.15) is 0 Å². The van der Waals surface area contributed by atoms with Crippen molar-refractivity contribution >= 4 is 5.78 Å². The first kappa shape index (κ1) is 10.2. The zero-order chi connectivity index (χ0) is 9.97. The number of likely N-dealkylation sites (tertiary alicyclic amines) is 1. The molecule has 2 bridgehead atoms. The number of fused-ring (bicyclic) bond motifs is 2. The van der Waals surface area contributed by atoms with Crippen LogP contribution < -0.4 is 0 Å². The van der Waals surface area contributed by atoms with E-state index in [2.05, 4.69) is 11.8 Å². The van der Waals surface area contributed by atoms with Gasteiger partial charge in [0.15, 0.2) is 0 Å². The Morgan fingerprint density at radius 3 is 2.29 bits per heavy atom. The molecule has 1 saturated carbocycles. The van der Waals surface area contributed by atoms with Gasteiger partial charge in [0, 0.05) is 24.9 Å². The van der Waals surface area contributed by atoms with E-state index in [1.54, 1.807) is 0 Å². The molecular weight excluding hydrogens is 174 g/mol. The van der Waals surface area contributed by atoms with Gasteiger partial charge in [0.1, 0.15) is 5.78 Å². The third-order valence-corrected chi connectivity index (χ3v) is 3.66. The molecule has 2 aliphatic rings. The van der Waals surface area contributed by atoms with Crippen molar-refractivity contribution in [2.45, 2.75) is 39.0 Å². The molecule has 14 heavy (non-hydrogen) atoms. The van der Waals surface area contributed by atoms with Crippen molar-refractivity contribution in [2.75, 3.05) is 19.6 Å². The van der Waals surface area contributed by atoms with E-state index in [-0.39, 0.29) is 0 Å². The van der Waals surface area contributed by atoms with Crippen LogP contribution in [-0.2, 0) is 4.79 Å². The van der Waals surface area contributed by atoms with Gasteiger partial charge in [-0.1, -0.05) is 19.8 Å². The molecule has 80 valence electrons. The first-order valence-corrected chi connectivity index (χ1v) is 6.07. The number of Topliss-reactive ketones (excluding diaryl/α,β-unsaturated/α-hetero) is 1. The van der Waals surface area contributed by atoms with Gasteiger partial charge in [-0.3, -0.25) is 4.79 Å². The van der Waals surface area contributed by atoms with Crippen molar-refractivity contribution in [2.24, 2.45) is 11.8 Å². The standard InChI is InChI=1S/C12H21NO/c1-2-7-13-8-10-5-3-4-6-11(9-13)12(10)14/h10-11H,2-9H2,1H3. The summed E-state index contributed by atoms with van der Waals surface area (Å²) in [4.78, 5) is 14.5. The molecule has 1 saturated heterocycles. The smallest absolute Gasteiger partial charge is 0.141 e. The summed E-state index contributed by atoms with van der Waals surface area (Å²) in [6, 6.07) is 0. The van der Waals surface area contributed by atoms with Gasteiger partial charge < -0.3 is 4.90 Å². The zero-order valence-electron chi connectivity index (χ0n) is 9.17. The van der Waals surface area contributed by atoms with Crippen LogP contribution in [0.3, 0.4) is 0 Å². The van der Waals surface area contributed by atoms with E-state index in [9.17, 15) is 4.79 Å². The SMILES string of the molecule is CCCN1CC2CCCCC(C1)C2=O. The van der Waals surface area contributed by atoms with E-state index >= 15 is 0 Å². The predicted molar refractivity (Wildman–Crippen MR) is 57.2 cm³/mol. The van der Waals surface area contributed by atoms with Gasteiger partial charge in [0.25, 0.3) is 0 Å². The predicted octanol–water partition coefficient (Wildman–Crippen LogP) is 2.09. The lowest BCUT2D eigenvalue weighted by Gasteiger charge is -2.35. The van der Waals surface area contributed by atoms with Crippen molar-refractivity contribution in [1.29, 1.82) is 0 Å². The molecule has 0 N–H and O–H groups in total. The molecule has 1 heterocycles. The van der Waals surface area contributed by atoms with Crippen LogP contribution in [0.2, 0.25) is 0 Å². The maximum absolute atomic E-state index is 12.0. The van der Waals surface area contributed by atoms with E-state index in [1.165, 1.54) is 25.8 Å². The minimum absolute atomic E-state index is 0.378. The van der Waals surface area contributed by atoms with Gasteiger partial charge in [0.2, 0.25) is 0 Å². The van der Waals surface area contributed by atoms with Crippen LogP contribution in [0, 0.1) is 11.8 Å². The first-order chi connectivity index (χ1) is 6.81. The molecule has 2 fully saturated rings. The maximum Gasteiger partial charge on any atom is 0.141 e. The molecule has 0 radical (unpaired) electrons. The molecule has 2 atom stereocenters. The molecule has 2 nitrogen and oxygen atoms in total. The normalized spacial score (nSPS) is 34.2. The highest BCUT2D eigenvalue weighted by Crippen LogP contribution is 2.30. The lowest BCUT2D eigenvalue weighted by molar-refractivity contribution is -0.131. The number of carbonyl (C=O) groups is 1. The highest BCUT2D eigenvalue weighted by molar-refractivity contribution is 5.84. The largest absolute Gasteiger partial charge is 0.302 e. The highest BCUT2D eigenvalue weighted by Gasteiger charge is 2.35. The molecule has 0 aromatic rings. The summed E-state index contributed by atoms with van der Waals surface area (Å²) in [6.45, 7) is 5.49. The number of hydrogen-bond donors (Lipinski definition) is 0. The molecule has 0 spiro atoms. The van der Waals surface area contributed by atoms with Crippen molar-refractivity contribution in [1.82, 2.24) is 4.90 Å². The quantitative estimate of drug-likeness (QED) is 0.672. The highest BCUT2D eigenvalue weighted by atomic mass is 16.1. The summed E-state index contributed by atoms with van der Waals surface area (Å²) < 4.78 is 0. The van der Waals surface area contributed by atoms with E-state index in [1.807, 2.05) is 0 Å². The topological polar surface area (TPSA) is 20.3 Å². The number of ketones is 1. The fraction of sp³-hybridized carbons (Fsp3) is 0.917. The Morgan fingerprint density at radius 1 is 1.21 bits per heavy atom. The van der Waals surface area contributed by atoms with Crippen molar-refractivity contribution < 1.29 is 4.79 Å². The molecule has 1 aliphatic heterocycles. The molecule has 1 aliphatic carbocycles. The minimum atomic E-state index is 0.378. The molecule has 2 heteroatoms. The summed E-state index contributed by atoms with van der Waals surface area (Å²) in [7, 11) is 0. The lowest BCUT2D eigenvalue weighted by Crippen LogP contribution is -2.46. The Morgan fingerprint density at radius 2 is 1.79 bits per heavy atom. The molecule has 2 unspecified atom stereocenters. The van der Waals surface area contributed by atoms with E-state index in [4.69, 9.17) is 0 Å². The lowest BCUT2D eigenvalue weighted by atomic mass is 9.86. The van der Waals surface area contributed by atoms with Crippen LogP contribution >= 0.6 is 0 Å². The zero-order valence-corrected chi connectivity index (χ0v) is 9.17. The van der Waals surface area contributed by atoms with Gasteiger partial charge in [0.05, 0.1) is 0 Å². The average Bonchev–Trinajstić information content (AvgIpc) is 2.30. The average molecular weight is 195 g/mol. The number of hydrogen-bond acceptors (Lipinski definition) is 2. The van der Waals surface area contributed by atoms with Gasteiger partial charge in [-0.15, -0.1) is 0 Å². The third-order valence-electron chi connectivity index (χ3n) is 3.66. The summed E-state index contributed by atoms with van der Waals surface area (Å²) >= 11 is 0. The van der Waals surface area contributed by atoms with Crippen LogP contribution in [-0.4, -0.2) is 30.3 Å². The Bertz CT molecular complexity index is 196. The van der Waals surface area contributed by atoms with Gasteiger partial charge in [-0.25, -0.2) is 0 Å². The van der Waals surface area contributed by atoms with Crippen LogP contribution in [0.25, 0.3) is 0 Å². The first-order valence-electron chi connectivity index (χ1n) is 6.07. The Hall–Kier alpha value is -0.370. The number of piperidine rings is 1. The van der Waals surface area contributed by atoms with Crippen molar-refractivity contribution in [3.05, 3.63) is 0 Å². The summed E-state index contributed by atoms with van der Waals surface area (Å²) in [5.41, 5.74) is 0. The van der Waals surface area contributed by atoms with Crippen LogP contribution in [0.4, 0.5) is 0 Å². The maximum atomic E-state index is 12.0. The molecule has 0 amide bonds. The number of rotatable bonds is 2. The Balaban J connectivity index is 2.03. The Labute approximate surface area is 86.7 Å². The van der Waals surface area contributed by atoms with Crippen molar-refractivity contribution in [3.63, 3.8) is 0 Å². The summed E-state index contributed by atoms with van der Waals surface area (Å²) in [6.07, 6.45) is 6.05. The molecule has 0 aromatic heterocycles. The Kier molecular flexibility index (Phi) is 3.22. The molecular formula is C12H21NO. The summed E-state index contributed by atoms with van der Waals surface area (Å²) in [5.74, 6) is 1.33. The molecule has 2 rings (SSSR count). The van der Waals surface area contributed by atoms with Gasteiger partial charge >= 0.3 is 0 Å². The second kappa shape index (κ2) is 4.43. The van der Waals surface area contributed by atoms with Gasteiger partial charge in [-0.05, 0) is 25.8 Å². The van der Waals surface area contributed by atoms with E-state index < -0.39 is 0 Å². The van der Waals surface area contributed by atoms with Crippen LogP contribution in [0.1, 0.15) is 39.0 Å². The number of nitrogens with zero attached hydrogens (tertiary/aromatic N) is 1. The van der Waals surface area contributed by atoms with Crippen LogP contribution in [0.15, 0.2) is 0 Å². The molecule has 0 aromatic carbocycles. The second-order valence-electron chi connectivity index (χ2n) is 4.84. The fourth-order valence-electron chi connectivity index (χ4n) is 2.96. The third kappa shape index (κ3) is 2.00. The monoisotopic (exact) mass is 195 g/mol. The van der Waals surface area contributed by atoms with E-state index in [0.29, 0.717) is 17.6 Å².